The average Bonchev–Trinajstić information content (AvgIpc) is 2.69. The predicted octanol–water partition coefficient (Wildman–Crippen LogP) is 3.66. The SMILES string of the molecule is CCNC(=NCc1ccc(C)cc1N(C)C)N1CCC(OCCCOC)CC1.I. The van der Waals surface area contributed by atoms with Gasteiger partial charge in [0.25, 0.3) is 0 Å². The number of aryl methyl sites for hydroxylation is 1. The van der Waals surface area contributed by atoms with Crippen LogP contribution in [0.1, 0.15) is 37.3 Å². The minimum Gasteiger partial charge on any atom is -0.385 e. The first kappa shape index (κ1) is 26.0. The third-order valence-electron chi connectivity index (χ3n) is 5.04. The van der Waals surface area contributed by atoms with Crippen molar-refractivity contribution >= 4 is 35.6 Å². The zero-order valence-electron chi connectivity index (χ0n) is 18.7. The lowest BCUT2D eigenvalue weighted by Gasteiger charge is -2.34. The van der Waals surface area contributed by atoms with E-state index in [2.05, 4.69) is 61.3 Å². The lowest BCUT2D eigenvalue weighted by molar-refractivity contribution is 0.00990. The Hall–Kier alpha value is -1.06. The standard InChI is InChI=1S/C22H38N4O2.HI/c1-6-23-22(24-17-19-9-8-18(2)16-21(19)25(3)4)26-12-10-20(11-13-26)28-15-7-14-27-5;/h8-9,16,20H,6-7,10-15,17H2,1-5H3,(H,23,24);1H. The molecular formula is C22H39IN4O2. The van der Waals surface area contributed by atoms with Gasteiger partial charge in [0.15, 0.2) is 5.96 Å². The molecule has 0 aliphatic carbocycles. The number of nitrogens with zero attached hydrogens (tertiary/aromatic N) is 3. The van der Waals surface area contributed by atoms with Crippen LogP contribution in [0.4, 0.5) is 5.69 Å². The number of halogens is 1. The predicted molar refractivity (Wildman–Crippen MR) is 133 cm³/mol. The molecule has 1 aliphatic rings. The maximum absolute atomic E-state index is 5.98. The molecule has 0 atom stereocenters. The van der Waals surface area contributed by atoms with Crippen LogP contribution >= 0.6 is 24.0 Å². The quantitative estimate of drug-likeness (QED) is 0.234. The molecule has 1 N–H and O–H groups in total. The van der Waals surface area contributed by atoms with Crippen LogP contribution in [0, 0.1) is 6.92 Å². The molecular weight excluding hydrogens is 479 g/mol. The van der Waals surface area contributed by atoms with Gasteiger partial charge in [-0.15, -0.1) is 24.0 Å². The molecule has 1 heterocycles. The van der Waals surface area contributed by atoms with Crippen LogP contribution in [-0.4, -0.2) is 71.0 Å². The maximum atomic E-state index is 5.98. The van der Waals surface area contributed by atoms with Crippen molar-refractivity contribution in [1.82, 2.24) is 10.2 Å². The smallest absolute Gasteiger partial charge is 0.194 e. The van der Waals surface area contributed by atoms with Crippen molar-refractivity contribution in [2.24, 2.45) is 4.99 Å². The second-order valence-electron chi connectivity index (χ2n) is 7.60. The third kappa shape index (κ3) is 8.68. The number of likely N-dealkylation sites (tertiary alicyclic amines) is 1. The molecule has 0 radical (unpaired) electrons. The van der Waals surface area contributed by atoms with Crippen molar-refractivity contribution in [2.75, 3.05) is 59.0 Å². The van der Waals surface area contributed by atoms with Crippen molar-refractivity contribution in [1.29, 1.82) is 0 Å². The molecule has 166 valence electrons. The van der Waals surface area contributed by atoms with E-state index in [1.807, 2.05) is 0 Å². The lowest BCUT2D eigenvalue weighted by Crippen LogP contribution is -2.47. The van der Waals surface area contributed by atoms with E-state index < -0.39 is 0 Å². The molecule has 6 nitrogen and oxygen atoms in total. The summed E-state index contributed by atoms with van der Waals surface area (Å²) in [5, 5.41) is 3.46. The van der Waals surface area contributed by atoms with E-state index in [0.717, 1.165) is 58.1 Å². The number of nitrogens with one attached hydrogen (secondary N) is 1. The van der Waals surface area contributed by atoms with E-state index >= 15 is 0 Å². The van der Waals surface area contributed by atoms with Gasteiger partial charge in [0, 0.05) is 59.7 Å². The zero-order chi connectivity index (χ0) is 20.4. The van der Waals surface area contributed by atoms with Crippen molar-refractivity contribution in [3.8, 4) is 0 Å². The molecule has 7 heteroatoms. The summed E-state index contributed by atoms with van der Waals surface area (Å²) in [4.78, 5) is 9.47. The van der Waals surface area contributed by atoms with Crippen LogP contribution in [-0.2, 0) is 16.0 Å². The summed E-state index contributed by atoms with van der Waals surface area (Å²) >= 11 is 0. The summed E-state index contributed by atoms with van der Waals surface area (Å²) < 4.78 is 11.1. The van der Waals surface area contributed by atoms with Crippen molar-refractivity contribution < 1.29 is 9.47 Å². The fourth-order valence-electron chi connectivity index (χ4n) is 3.50. The summed E-state index contributed by atoms with van der Waals surface area (Å²) in [7, 11) is 5.91. The third-order valence-corrected chi connectivity index (χ3v) is 5.04. The molecule has 29 heavy (non-hydrogen) atoms. The van der Waals surface area contributed by atoms with Gasteiger partial charge in [0.05, 0.1) is 12.6 Å². The van der Waals surface area contributed by atoms with Gasteiger partial charge in [0.1, 0.15) is 0 Å². The maximum Gasteiger partial charge on any atom is 0.194 e. The summed E-state index contributed by atoms with van der Waals surface area (Å²) in [6.45, 7) is 9.33. The number of anilines is 1. The molecule has 0 saturated carbocycles. The van der Waals surface area contributed by atoms with Gasteiger partial charge in [-0.05, 0) is 50.3 Å². The number of rotatable bonds is 9. The van der Waals surface area contributed by atoms with Crippen LogP contribution in [0.2, 0.25) is 0 Å². The minimum absolute atomic E-state index is 0. The molecule has 0 bridgehead atoms. The van der Waals surface area contributed by atoms with Crippen molar-refractivity contribution in [2.45, 2.75) is 45.8 Å². The number of piperidine rings is 1. The van der Waals surface area contributed by atoms with Crippen molar-refractivity contribution in [3.05, 3.63) is 29.3 Å². The number of ether oxygens (including phenoxy) is 2. The number of benzene rings is 1. The summed E-state index contributed by atoms with van der Waals surface area (Å²) in [6.07, 6.45) is 3.41. The molecule has 1 fully saturated rings. The first-order valence-corrected chi connectivity index (χ1v) is 10.5. The van der Waals surface area contributed by atoms with Gasteiger partial charge in [-0.25, -0.2) is 4.99 Å². The number of aliphatic imine (C=N–C) groups is 1. The fourth-order valence-corrected chi connectivity index (χ4v) is 3.50. The van der Waals surface area contributed by atoms with Crippen LogP contribution in [0.15, 0.2) is 23.2 Å². The fraction of sp³-hybridized carbons (Fsp3) is 0.682. The second kappa shape index (κ2) is 14.0. The van der Waals surface area contributed by atoms with E-state index in [9.17, 15) is 0 Å². The van der Waals surface area contributed by atoms with Crippen LogP contribution in [0.3, 0.4) is 0 Å². The second-order valence-corrected chi connectivity index (χ2v) is 7.60. The van der Waals surface area contributed by atoms with E-state index in [1.165, 1.54) is 16.8 Å². The summed E-state index contributed by atoms with van der Waals surface area (Å²) in [5.74, 6) is 1.01. The Labute approximate surface area is 194 Å². The van der Waals surface area contributed by atoms with Crippen LogP contribution in [0.5, 0.6) is 0 Å². The number of hydrogen-bond acceptors (Lipinski definition) is 4. The molecule has 0 unspecified atom stereocenters. The van der Waals surface area contributed by atoms with E-state index in [4.69, 9.17) is 14.5 Å². The molecule has 0 amide bonds. The molecule has 1 saturated heterocycles. The lowest BCUT2D eigenvalue weighted by atomic mass is 10.1. The van der Waals surface area contributed by atoms with E-state index in [-0.39, 0.29) is 24.0 Å². The largest absolute Gasteiger partial charge is 0.385 e. The highest BCUT2D eigenvalue weighted by Crippen LogP contribution is 2.21. The first-order valence-electron chi connectivity index (χ1n) is 10.5. The number of hydrogen-bond donors (Lipinski definition) is 1. The van der Waals surface area contributed by atoms with E-state index in [0.29, 0.717) is 12.6 Å². The van der Waals surface area contributed by atoms with Crippen LogP contribution in [0.25, 0.3) is 0 Å². The van der Waals surface area contributed by atoms with Gasteiger partial charge in [0.2, 0.25) is 0 Å². The Bertz CT molecular complexity index is 617. The zero-order valence-corrected chi connectivity index (χ0v) is 21.1. The highest BCUT2D eigenvalue weighted by molar-refractivity contribution is 14.0. The Kier molecular flexibility index (Phi) is 12.6. The Morgan fingerprint density at radius 3 is 2.59 bits per heavy atom. The van der Waals surface area contributed by atoms with Gasteiger partial charge < -0.3 is 24.6 Å². The number of methoxy groups -OCH3 is 1. The van der Waals surface area contributed by atoms with Crippen LogP contribution < -0.4 is 10.2 Å². The summed E-state index contributed by atoms with van der Waals surface area (Å²) in [5.41, 5.74) is 3.76. The van der Waals surface area contributed by atoms with Gasteiger partial charge >= 0.3 is 0 Å². The number of guanidine groups is 1. The van der Waals surface area contributed by atoms with Gasteiger partial charge in [-0.2, -0.15) is 0 Å². The molecule has 1 aliphatic heterocycles. The first-order chi connectivity index (χ1) is 13.5. The molecule has 0 aromatic heterocycles. The molecule has 1 aromatic carbocycles. The molecule has 2 rings (SSSR count). The van der Waals surface area contributed by atoms with Gasteiger partial charge in [-0.3, -0.25) is 0 Å². The normalized spacial score (nSPS) is 15.2. The summed E-state index contributed by atoms with van der Waals surface area (Å²) in [6, 6.07) is 6.58. The Morgan fingerprint density at radius 1 is 1.24 bits per heavy atom. The Balaban J connectivity index is 0.00000420. The monoisotopic (exact) mass is 518 g/mol. The van der Waals surface area contributed by atoms with Gasteiger partial charge in [-0.1, -0.05) is 12.1 Å². The highest BCUT2D eigenvalue weighted by atomic mass is 127. The average molecular weight is 518 g/mol. The minimum atomic E-state index is 0. The molecule has 0 spiro atoms. The Morgan fingerprint density at radius 2 is 1.97 bits per heavy atom. The highest BCUT2D eigenvalue weighted by Gasteiger charge is 2.22. The van der Waals surface area contributed by atoms with E-state index in [1.54, 1.807) is 7.11 Å². The molecule has 1 aromatic rings. The topological polar surface area (TPSA) is 49.3 Å². The van der Waals surface area contributed by atoms with Crippen molar-refractivity contribution in [3.63, 3.8) is 0 Å².